The predicted octanol–water partition coefficient (Wildman–Crippen LogP) is 3.07. The molecule has 0 saturated heterocycles. The van der Waals surface area contributed by atoms with E-state index in [9.17, 15) is 9.59 Å². The van der Waals surface area contributed by atoms with Crippen molar-refractivity contribution in [3.05, 3.63) is 22.8 Å². The van der Waals surface area contributed by atoms with Crippen molar-refractivity contribution in [2.24, 2.45) is 0 Å². The number of aryl methyl sites for hydroxylation is 1. The van der Waals surface area contributed by atoms with E-state index < -0.39 is 16.8 Å². The standard InChI is InChI=1S/C13H16Cl2N2O3/c1-6-5-9(20-13(19)16-4)7(2)8(3)10(6)17-12(18)11(14)15/h5,11H,1-4H3,(H,16,19)(H,17,18). The summed E-state index contributed by atoms with van der Waals surface area (Å²) >= 11 is 11.0. The van der Waals surface area contributed by atoms with Crippen LogP contribution in [0.15, 0.2) is 6.07 Å². The molecule has 1 rings (SSSR count). The summed E-state index contributed by atoms with van der Waals surface area (Å²) in [4.78, 5) is 21.7. The van der Waals surface area contributed by atoms with Crippen LogP contribution in [0.5, 0.6) is 5.75 Å². The molecule has 0 unspecified atom stereocenters. The second-order valence-electron chi connectivity index (χ2n) is 4.25. The molecule has 0 bridgehead atoms. The average Bonchev–Trinajstić information content (AvgIpc) is 2.39. The van der Waals surface area contributed by atoms with Gasteiger partial charge in [0.1, 0.15) is 5.75 Å². The lowest BCUT2D eigenvalue weighted by molar-refractivity contribution is -0.114. The van der Waals surface area contributed by atoms with Gasteiger partial charge in [0.15, 0.2) is 4.84 Å². The van der Waals surface area contributed by atoms with Gasteiger partial charge in [0.2, 0.25) is 0 Å². The number of alkyl halides is 2. The third-order valence-corrected chi connectivity index (χ3v) is 3.30. The Hall–Kier alpha value is -1.46. The van der Waals surface area contributed by atoms with Gasteiger partial charge in [-0.25, -0.2) is 4.79 Å². The Kier molecular flexibility index (Phi) is 5.65. The van der Waals surface area contributed by atoms with Crippen LogP contribution in [0.25, 0.3) is 0 Å². The molecule has 2 amide bonds. The van der Waals surface area contributed by atoms with Crippen LogP contribution < -0.4 is 15.4 Å². The molecule has 2 N–H and O–H groups in total. The Morgan fingerprint density at radius 3 is 2.30 bits per heavy atom. The van der Waals surface area contributed by atoms with Crippen LogP contribution in [-0.4, -0.2) is 23.9 Å². The number of nitrogens with one attached hydrogen (secondary N) is 2. The van der Waals surface area contributed by atoms with E-state index in [0.717, 1.165) is 16.7 Å². The number of ether oxygens (including phenoxy) is 1. The Balaban J connectivity index is 3.15. The van der Waals surface area contributed by atoms with Crippen LogP contribution in [0.3, 0.4) is 0 Å². The second kappa shape index (κ2) is 6.81. The number of carbonyl (C=O) groups excluding carboxylic acids is 2. The summed E-state index contributed by atoms with van der Waals surface area (Å²) in [5, 5.41) is 5.03. The number of halogens is 2. The number of amides is 2. The minimum Gasteiger partial charge on any atom is -0.410 e. The van der Waals surface area contributed by atoms with Gasteiger partial charge in [0, 0.05) is 12.7 Å². The zero-order chi connectivity index (χ0) is 15.4. The van der Waals surface area contributed by atoms with Crippen molar-refractivity contribution in [3.8, 4) is 5.75 Å². The first-order valence-corrected chi connectivity index (χ1v) is 6.74. The molecule has 0 atom stereocenters. The monoisotopic (exact) mass is 318 g/mol. The summed E-state index contributed by atoms with van der Waals surface area (Å²) in [5.41, 5.74) is 2.89. The van der Waals surface area contributed by atoms with Gasteiger partial charge < -0.3 is 15.4 Å². The first-order chi connectivity index (χ1) is 9.27. The lowest BCUT2D eigenvalue weighted by atomic mass is 10.0. The lowest BCUT2D eigenvalue weighted by Gasteiger charge is -2.17. The largest absolute Gasteiger partial charge is 0.412 e. The van der Waals surface area contributed by atoms with Gasteiger partial charge >= 0.3 is 6.09 Å². The molecule has 0 saturated carbocycles. The number of anilines is 1. The zero-order valence-corrected chi connectivity index (χ0v) is 13.1. The number of hydrogen-bond donors (Lipinski definition) is 2. The Bertz CT molecular complexity index is 545. The first kappa shape index (κ1) is 16.6. The molecule has 110 valence electrons. The summed E-state index contributed by atoms with van der Waals surface area (Å²) in [7, 11) is 1.48. The van der Waals surface area contributed by atoms with Gasteiger partial charge in [-0.15, -0.1) is 0 Å². The fraction of sp³-hybridized carbons (Fsp3) is 0.385. The Labute approximate surface area is 127 Å². The molecule has 1 aromatic rings. The van der Waals surface area contributed by atoms with Crippen LogP contribution in [-0.2, 0) is 4.79 Å². The van der Waals surface area contributed by atoms with Gasteiger partial charge in [0.25, 0.3) is 5.91 Å². The molecule has 0 spiro atoms. The minimum atomic E-state index is -1.14. The minimum absolute atomic E-state index is 0.436. The van der Waals surface area contributed by atoms with E-state index in [1.165, 1.54) is 7.05 Å². The second-order valence-corrected chi connectivity index (χ2v) is 5.34. The number of rotatable bonds is 3. The summed E-state index contributed by atoms with van der Waals surface area (Å²) < 4.78 is 5.15. The molecule has 20 heavy (non-hydrogen) atoms. The summed E-state index contributed by atoms with van der Waals surface area (Å²) in [6.07, 6.45) is -0.551. The molecular weight excluding hydrogens is 303 g/mol. The lowest BCUT2D eigenvalue weighted by Crippen LogP contribution is -2.23. The topological polar surface area (TPSA) is 67.4 Å². The zero-order valence-electron chi connectivity index (χ0n) is 11.6. The highest BCUT2D eigenvalue weighted by atomic mass is 35.5. The van der Waals surface area contributed by atoms with Gasteiger partial charge in [0.05, 0.1) is 0 Å². The summed E-state index contributed by atoms with van der Waals surface area (Å²) in [6, 6.07) is 1.67. The van der Waals surface area contributed by atoms with Crippen LogP contribution in [0.4, 0.5) is 10.5 Å². The van der Waals surface area contributed by atoms with E-state index in [4.69, 9.17) is 27.9 Å². The van der Waals surface area contributed by atoms with Crippen molar-refractivity contribution in [2.45, 2.75) is 25.6 Å². The molecule has 1 aromatic carbocycles. The molecule has 0 aliphatic carbocycles. The molecule has 0 fully saturated rings. The van der Waals surface area contributed by atoms with Gasteiger partial charge in [-0.2, -0.15) is 0 Å². The molecule has 7 heteroatoms. The van der Waals surface area contributed by atoms with Crippen LogP contribution in [0.1, 0.15) is 16.7 Å². The Morgan fingerprint density at radius 1 is 1.20 bits per heavy atom. The fourth-order valence-electron chi connectivity index (χ4n) is 1.67. The maximum absolute atomic E-state index is 11.6. The normalized spacial score (nSPS) is 10.3. The van der Waals surface area contributed by atoms with Crippen molar-refractivity contribution in [3.63, 3.8) is 0 Å². The van der Waals surface area contributed by atoms with Gasteiger partial charge in [-0.3, -0.25) is 4.79 Å². The van der Waals surface area contributed by atoms with Crippen molar-refractivity contribution >= 4 is 40.9 Å². The highest BCUT2D eigenvalue weighted by molar-refractivity contribution is 6.54. The van der Waals surface area contributed by atoms with Crippen LogP contribution in [0, 0.1) is 20.8 Å². The maximum Gasteiger partial charge on any atom is 0.412 e. The van der Waals surface area contributed by atoms with Crippen molar-refractivity contribution in [1.29, 1.82) is 0 Å². The van der Waals surface area contributed by atoms with Gasteiger partial charge in [-0.1, -0.05) is 23.2 Å². The summed E-state index contributed by atoms with van der Waals surface area (Å²) in [5.74, 6) is -0.0652. The predicted molar refractivity (Wildman–Crippen MR) is 79.9 cm³/mol. The molecule has 0 radical (unpaired) electrons. The van der Waals surface area contributed by atoms with E-state index in [2.05, 4.69) is 10.6 Å². The quantitative estimate of drug-likeness (QED) is 0.841. The summed E-state index contributed by atoms with van der Waals surface area (Å²) in [6.45, 7) is 5.39. The highest BCUT2D eigenvalue weighted by Crippen LogP contribution is 2.31. The molecule has 0 aromatic heterocycles. The average molecular weight is 319 g/mol. The number of hydrogen-bond acceptors (Lipinski definition) is 3. The van der Waals surface area contributed by atoms with E-state index >= 15 is 0 Å². The van der Waals surface area contributed by atoms with Crippen LogP contribution in [0.2, 0.25) is 0 Å². The van der Waals surface area contributed by atoms with Crippen molar-refractivity contribution in [1.82, 2.24) is 5.32 Å². The van der Waals surface area contributed by atoms with E-state index in [0.29, 0.717) is 11.4 Å². The first-order valence-electron chi connectivity index (χ1n) is 5.87. The maximum atomic E-state index is 11.6. The van der Waals surface area contributed by atoms with E-state index in [1.807, 2.05) is 6.92 Å². The third kappa shape index (κ3) is 3.77. The molecule has 0 aliphatic rings. The van der Waals surface area contributed by atoms with E-state index in [-0.39, 0.29) is 0 Å². The number of benzene rings is 1. The fourth-order valence-corrected chi connectivity index (χ4v) is 1.78. The highest BCUT2D eigenvalue weighted by Gasteiger charge is 2.17. The Morgan fingerprint density at radius 2 is 1.80 bits per heavy atom. The van der Waals surface area contributed by atoms with Crippen molar-refractivity contribution in [2.75, 3.05) is 12.4 Å². The van der Waals surface area contributed by atoms with Gasteiger partial charge in [-0.05, 0) is 43.5 Å². The van der Waals surface area contributed by atoms with Crippen molar-refractivity contribution < 1.29 is 14.3 Å². The third-order valence-electron chi connectivity index (χ3n) is 2.90. The molecule has 5 nitrogen and oxygen atoms in total. The SMILES string of the molecule is CNC(=O)Oc1cc(C)c(NC(=O)C(Cl)Cl)c(C)c1C. The molecule has 0 heterocycles. The smallest absolute Gasteiger partial charge is 0.410 e. The van der Waals surface area contributed by atoms with Crippen LogP contribution >= 0.6 is 23.2 Å². The molecule has 0 aliphatic heterocycles. The number of carbonyl (C=O) groups is 2. The van der Waals surface area contributed by atoms with E-state index in [1.54, 1.807) is 19.9 Å². The molecular formula is C13H16Cl2N2O3.